The van der Waals surface area contributed by atoms with Gasteiger partial charge < -0.3 is 10.5 Å². The Morgan fingerprint density at radius 2 is 1.89 bits per heavy atom. The third-order valence-corrected chi connectivity index (χ3v) is 4.59. The van der Waals surface area contributed by atoms with Gasteiger partial charge in [-0.25, -0.2) is 21.9 Å². The Morgan fingerprint density at radius 1 is 1.15 bits per heavy atom. The Kier molecular flexibility index (Phi) is 6.87. The molecular weight excluding hydrogens is 378 g/mol. The smallest absolute Gasteiger partial charge is 0.252 e. The van der Waals surface area contributed by atoms with E-state index in [1.807, 2.05) is 0 Å². The molecule has 2 aromatic carbocycles. The molecule has 0 aliphatic rings. The molecule has 2 aromatic rings. The summed E-state index contributed by atoms with van der Waals surface area (Å²) >= 11 is 0. The van der Waals surface area contributed by atoms with E-state index in [1.54, 1.807) is 18.2 Å². The fourth-order valence-corrected chi connectivity index (χ4v) is 3.10. The molecule has 0 aliphatic carbocycles. The molecule has 3 N–H and O–H groups in total. The zero-order chi connectivity index (χ0) is 19.9. The van der Waals surface area contributed by atoms with Crippen molar-refractivity contribution in [2.75, 3.05) is 13.2 Å². The first-order valence-electron chi connectivity index (χ1n) is 7.67. The van der Waals surface area contributed by atoms with Crippen LogP contribution in [-0.2, 0) is 15.8 Å². The molecule has 0 aromatic heterocycles. The monoisotopic (exact) mass is 394 g/mol. The molecule has 0 unspecified atom stereocenters. The largest absolute Gasteiger partial charge is 0.480 e. The van der Waals surface area contributed by atoms with E-state index in [0.717, 1.165) is 18.2 Å². The molecule has 0 saturated heterocycles. The first-order valence-corrected chi connectivity index (χ1v) is 9.32. The van der Waals surface area contributed by atoms with Gasteiger partial charge in [0.25, 0.3) is 5.91 Å². The number of rotatable bonds is 7. The van der Waals surface area contributed by atoms with Crippen LogP contribution >= 0.6 is 0 Å². The highest BCUT2D eigenvalue weighted by atomic mass is 32.2. The molecule has 0 heterocycles. The number of primary amides is 1. The zero-order valence-corrected chi connectivity index (χ0v) is 14.9. The van der Waals surface area contributed by atoms with Gasteiger partial charge >= 0.3 is 0 Å². The van der Waals surface area contributed by atoms with Gasteiger partial charge in [-0.05, 0) is 30.3 Å². The van der Waals surface area contributed by atoms with E-state index in [1.165, 1.54) is 6.07 Å². The molecule has 142 valence electrons. The highest BCUT2D eigenvalue weighted by Gasteiger charge is 2.14. The van der Waals surface area contributed by atoms with Crippen molar-refractivity contribution in [3.8, 4) is 17.6 Å². The van der Waals surface area contributed by atoms with Crippen LogP contribution in [0.1, 0.15) is 15.9 Å². The van der Waals surface area contributed by atoms with Gasteiger partial charge in [0.1, 0.15) is 24.0 Å². The summed E-state index contributed by atoms with van der Waals surface area (Å²) in [5.41, 5.74) is 5.15. The number of amides is 1. The third kappa shape index (κ3) is 6.36. The average molecular weight is 394 g/mol. The van der Waals surface area contributed by atoms with E-state index in [0.29, 0.717) is 0 Å². The summed E-state index contributed by atoms with van der Waals surface area (Å²) in [6.45, 7) is -0.329. The van der Waals surface area contributed by atoms with Crippen LogP contribution in [0.5, 0.6) is 5.75 Å². The van der Waals surface area contributed by atoms with Crippen molar-refractivity contribution in [3.05, 3.63) is 65.2 Å². The molecule has 1 amide bonds. The summed E-state index contributed by atoms with van der Waals surface area (Å²) < 4.78 is 57.8. The highest BCUT2D eigenvalue weighted by molar-refractivity contribution is 7.88. The van der Waals surface area contributed by atoms with E-state index in [-0.39, 0.29) is 30.0 Å². The maximum atomic E-state index is 13.5. The van der Waals surface area contributed by atoms with Gasteiger partial charge in [-0.2, -0.15) is 0 Å². The van der Waals surface area contributed by atoms with Crippen molar-refractivity contribution in [1.82, 2.24) is 4.72 Å². The molecular formula is C18H16F2N2O4S. The summed E-state index contributed by atoms with van der Waals surface area (Å²) in [6.07, 6.45) is 0. The van der Waals surface area contributed by atoms with Crippen LogP contribution in [0.25, 0.3) is 0 Å². The quantitative estimate of drug-likeness (QED) is 0.697. The number of benzene rings is 2. The molecule has 6 nitrogen and oxygen atoms in total. The minimum Gasteiger partial charge on any atom is -0.480 e. The van der Waals surface area contributed by atoms with Crippen LogP contribution in [0.3, 0.4) is 0 Å². The second-order valence-electron chi connectivity index (χ2n) is 5.32. The first-order chi connectivity index (χ1) is 12.8. The number of ether oxygens (including phenoxy) is 1. The molecule has 0 bridgehead atoms. The topological polar surface area (TPSA) is 98.5 Å². The number of halogens is 2. The summed E-state index contributed by atoms with van der Waals surface area (Å²) in [6, 6.07) is 8.94. The van der Waals surface area contributed by atoms with Crippen LogP contribution in [0.2, 0.25) is 0 Å². The van der Waals surface area contributed by atoms with E-state index >= 15 is 0 Å². The lowest BCUT2D eigenvalue weighted by molar-refractivity contribution is 0.0997. The first kappa shape index (κ1) is 20.4. The Labute approximate surface area is 155 Å². The van der Waals surface area contributed by atoms with E-state index in [2.05, 4.69) is 16.6 Å². The van der Waals surface area contributed by atoms with Crippen LogP contribution in [0.4, 0.5) is 8.78 Å². The SMILES string of the molecule is NC(=O)c1ccccc1OCC#CCNS(=O)(=O)Cc1cc(F)ccc1F. The van der Waals surface area contributed by atoms with Gasteiger partial charge in [-0.1, -0.05) is 24.0 Å². The summed E-state index contributed by atoms with van der Waals surface area (Å²) in [5, 5.41) is 0. The number of carbonyl (C=O) groups is 1. The maximum absolute atomic E-state index is 13.5. The third-order valence-electron chi connectivity index (χ3n) is 3.31. The predicted octanol–water partition coefficient (Wildman–Crippen LogP) is 1.57. The Bertz CT molecular complexity index is 998. The molecule has 0 atom stereocenters. The Morgan fingerprint density at radius 3 is 2.63 bits per heavy atom. The summed E-state index contributed by atoms with van der Waals surface area (Å²) in [5.74, 6) is 2.47. The summed E-state index contributed by atoms with van der Waals surface area (Å²) in [4.78, 5) is 11.2. The standard InChI is InChI=1S/C18H16F2N2O4S/c19-14-7-8-16(20)13(11-14)12-27(24,25)22-9-3-4-10-26-17-6-2-1-5-15(17)18(21)23/h1-2,5-8,11,22H,9-10,12H2,(H2,21,23). The van der Waals surface area contributed by atoms with Gasteiger partial charge in [0.2, 0.25) is 10.0 Å². The molecule has 0 fully saturated rings. The van der Waals surface area contributed by atoms with Crippen molar-refractivity contribution in [3.63, 3.8) is 0 Å². The van der Waals surface area contributed by atoms with E-state index < -0.39 is 33.3 Å². The van der Waals surface area contributed by atoms with Crippen molar-refractivity contribution in [2.45, 2.75) is 5.75 Å². The zero-order valence-electron chi connectivity index (χ0n) is 14.0. The molecule has 0 saturated carbocycles. The van der Waals surface area contributed by atoms with Gasteiger partial charge in [0.05, 0.1) is 17.9 Å². The molecule has 2 rings (SSSR count). The minimum atomic E-state index is -3.89. The number of para-hydroxylation sites is 1. The van der Waals surface area contributed by atoms with Crippen molar-refractivity contribution >= 4 is 15.9 Å². The fraction of sp³-hybridized carbons (Fsp3) is 0.167. The van der Waals surface area contributed by atoms with Gasteiger partial charge in [-0.15, -0.1) is 0 Å². The van der Waals surface area contributed by atoms with Crippen LogP contribution in [0.15, 0.2) is 42.5 Å². The highest BCUT2D eigenvalue weighted by Crippen LogP contribution is 2.16. The predicted molar refractivity (Wildman–Crippen MR) is 95.2 cm³/mol. The average Bonchev–Trinajstić information content (AvgIpc) is 2.61. The van der Waals surface area contributed by atoms with Crippen LogP contribution in [0, 0.1) is 23.5 Å². The van der Waals surface area contributed by atoms with Crippen molar-refractivity contribution in [1.29, 1.82) is 0 Å². The number of hydrogen-bond acceptors (Lipinski definition) is 4. The van der Waals surface area contributed by atoms with Crippen LogP contribution < -0.4 is 15.2 Å². The maximum Gasteiger partial charge on any atom is 0.252 e. The molecule has 27 heavy (non-hydrogen) atoms. The Balaban J connectivity index is 1.86. The van der Waals surface area contributed by atoms with E-state index in [9.17, 15) is 22.0 Å². The molecule has 0 radical (unpaired) electrons. The lowest BCUT2D eigenvalue weighted by Crippen LogP contribution is -2.26. The lowest BCUT2D eigenvalue weighted by atomic mass is 10.2. The minimum absolute atomic E-state index is 0.0927. The second kappa shape index (κ2) is 9.12. The van der Waals surface area contributed by atoms with Gasteiger partial charge in [0.15, 0.2) is 0 Å². The Hall–Kier alpha value is -2.96. The van der Waals surface area contributed by atoms with Crippen molar-refractivity contribution in [2.24, 2.45) is 5.73 Å². The second-order valence-corrected chi connectivity index (χ2v) is 7.13. The number of hydrogen-bond donors (Lipinski definition) is 2. The van der Waals surface area contributed by atoms with Crippen molar-refractivity contribution < 1.29 is 26.7 Å². The normalized spacial score (nSPS) is 10.7. The van der Waals surface area contributed by atoms with Gasteiger partial charge in [0, 0.05) is 5.56 Å². The summed E-state index contributed by atoms with van der Waals surface area (Å²) in [7, 11) is -3.89. The molecule has 0 aliphatic heterocycles. The number of sulfonamides is 1. The number of nitrogens with two attached hydrogens (primary N) is 1. The molecule has 9 heteroatoms. The number of nitrogens with one attached hydrogen (secondary N) is 1. The van der Waals surface area contributed by atoms with Gasteiger partial charge in [-0.3, -0.25) is 4.79 Å². The fourth-order valence-electron chi connectivity index (χ4n) is 2.08. The van der Waals surface area contributed by atoms with Crippen LogP contribution in [-0.4, -0.2) is 27.5 Å². The molecule has 0 spiro atoms. The number of carbonyl (C=O) groups excluding carboxylic acids is 1. The van der Waals surface area contributed by atoms with E-state index in [4.69, 9.17) is 10.5 Å². The lowest BCUT2D eigenvalue weighted by Gasteiger charge is -2.06.